The van der Waals surface area contributed by atoms with Gasteiger partial charge in [0.2, 0.25) is 0 Å². The van der Waals surface area contributed by atoms with E-state index >= 15 is 0 Å². The van der Waals surface area contributed by atoms with Crippen LogP contribution in [0.5, 0.6) is 0 Å². The second-order valence-corrected chi connectivity index (χ2v) is 7.19. The van der Waals surface area contributed by atoms with Crippen LogP contribution >= 0.6 is 0 Å². The summed E-state index contributed by atoms with van der Waals surface area (Å²) < 4.78 is 7.43. The molecule has 3 aromatic heterocycles. The Kier molecular flexibility index (Phi) is 5.26. The Hall–Kier alpha value is -3.26. The molecule has 1 N–H and O–H groups in total. The van der Waals surface area contributed by atoms with Crippen LogP contribution in [0.2, 0.25) is 0 Å². The zero-order chi connectivity index (χ0) is 20.4. The maximum Gasteiger partial charge on any atom is 0.274 e. The van der Waals surface area contributed by atoms with Gasteiger partial charge in [-0.15, -0.1) is 0 Å². The van der Waals surface area contributed by atoms with Gasteiger partial charge in [0.05, 0.1) is 25.4 Å². The van der Waals surface area contributed by atoms with Crippen LogP contribution in [0.25, 0.3) is 5.65 Å². The summed E-state index contributed by atoms with van der Waals surface area (Å²) in [5.74, 6) is -0.453. The molecule has 0 radical (unpaired) electrons. The predicted molar refractivity (Wildman–Crippen MR) is 106 cm³/mol. The molecule has 0 aromatic carbocycles. The molecule has 1 fully saturated rings. The van der Waals surface area contributed by atoms with Crippen LogP contribution in [-0.2, 0) is 16.1 Å². The van der Waals surface area contributed by atoms with Crippen molar-refractivity contribution in [2.75, 3.05) is 19.7 Å². The number of fused-ring (bicyclic) bond motifs is 1. The number of hydrogen-bond acceptors (Lipinski definition) is 5. The van der Waals surface area contributed by atoms with E-state index in [1.165, 1.54) is 0 Å². The number of carbonyl (C=O) groups excluding carboxylic acids is 2. The number of nitrogens with zero attached hydrogens (tertiary/aromatic N) is 4. The van der Waals surface area contributed by atoms with Gasteiger partial charge in [0.1, 0.15) is 11.3 Å². The van der Waals surface area contributed by atoms with Gasteiger partial charge in [-0.1, -0.05) is 12.1 Å². The zero-order valence-corrected chi connectivity index (χ0v) is 16.5. The van der Waals surface area contributed by atoms with E-state index in [1.807, 2.05) is 48.7 Å². The molecule has 1 unspecified atom stereocenters. The second kappa shape index (κ2) is 8.00. The molecule has 4 rings (SSSR count). The highest BCUT2D eigenvalue weighted by Gasteiger charge is 2.30. The molecule has 0 aliphatic carbocycles. The SMILES string of the molecule is Cc1ccc2nc(C(=O)N3CCOC(C(=O)NCc4ncccc4C)C3)cn2c1. The number of morpholine rings is 1. The first-order valence-corrected chi connectivity index (χ1v) is 9.56. The van der Waals surface area contributed by atoms with Crippen molar-refractivity contribution in [1.82, 2.24) is 24.6 Å². The lowest BCUT2D eigenvalue weighted by Crippen LogP contribution is -2.51. The maximum atomic E-state index is 12.9. The fraction of sp³-hybridized carbons (Fsp3) is 0.333. The van der Waals surface area contributed by atoms with E-state index in [9.17, 15) is 9.59 Å². The molecule has 0 saturated carbocycles. The van der Waals surface area contributed by atoms with Crippen molar-refractivity contribution in [3.05, 3.63) is 65.4 Å². The lowest BCUT2D eigenvalue weighted by Gasteiger charge is -2.31. The van der Waals surface area contributed by atoms with Gasteiger partial charge in [0, 0.05) is 25.1 Å². The molecule has 1 aliphatic rings. The molecular weight excluding hydrogens is 370 g/mol. The first kappa shape index (κ1) is 19.1. The van der Waals surface area contributed by atoms with Gasteiger partial charge in [-0.25, -0.2) is 4.98 Å². The number of nitrogens with one attached hydrogen (secondary N) is 1. The van der Waals surface area contributed by atoms with Crippen LogP contribution in [-0.4, -0.2) is 56.9 Å². The number of aryl methyl sites for hydroxylation is 2. The molecule has 0 bridgehead atoms. The molecule has 0 spiro atoms. The van der Waals surface area contributed by atoms with E-state index in [-0.39, 0.29) is 18.4 Å². The minimum atomic E-state index is -0.712. The Labute approximate surface area is 168 Å². The van der Waals surface area contributed by atoms with Crippen LogP contribution in [0.3, 0.4) is 0 Å². The molecule has 8 nitrogen and oxygen atoms in total. The van der Waals surface area contributed by atoms with Crippen LogP contribution < -0.4 is 5.32 Å². The number of carbonyl (C=O) groups is 2. The fourth-order valence-electron chi connectivity index (χ4n) is 3.35. The van der Waals surface area contributed by atoms with Crippen molar-refractivity contribution >= 4 is 17.5 Å². The minimum Gasteiger partial charge on any atom is -0.365 e. The van der Waals surface area contributed by atoms with Crippen molar-refractivity contribution in [2.45, 2.75) is 26.5 Å². The smallest absolute Gasteiger partial charge is 0.274 e. The minimum absolute atomic E-state index is 0.193. The van der Waals surface area contributed by atoms with Crippen LogP contribution in [0, 0.1) is 13.8 Å². The van der Waals surface area contributed by atoms with Gasteiger partial charge in [0.15, 0.2) is 6.10 Å². The predicted octanol–water partition coefficient (Wildman–Crippen LogP) is 1.50. The van der Waals surface area contributed by atoms with E-state index < -0.39 is 6.10 Å². The summed E-state index contributed by atoms with van der Waals surface area (Å²) in [5.41, 5.74) is 3.98. The number of aromatic nitrogens is 3. The van der Waals surface area contributed by atoms with E-state index in [2.05, 4.69) is 15.3 Å². The highest BCUT2D eigenvalue weighted by Crippen LogP contribution is 2.13. The Morgan fingerprint density at radius 1 is 1.24 bits per heavy atom. The lowest BCUT2D eigenvalue weighted by molar-refractivity contribution is -0.137. The van der Waals surface area contributed by atoms with Gasteiger partial charge in [-0.05, 0) is 37.1 Å². The monoisotopic (exact) mass is 393 g/mol. The number of pyridine rings is 2. The summed E-state index contributed by atoms with van der Waals surface area (Å²) in [6.45, 7) is 5.18. The van der Waals surface area contributed by atoms with E-state index in [0.29, 0.717) is 31.0 Å². The number of amides is 2. The highest BCUT2D eigenvalue weighted by atomic mass is 16.5. The van der Waals surface area contributed by atoms with Gasteiger partial charge in [0.25, 0.3) is 11.8 Å². The standard InChI is InChI=1S/C21H23N5O3/c1-14-5-6-19-24-17(12-26(19)11-14)21(28)25-8-9-29-18(13-25)20(27)23-10-16-15(2)4-3-7-22-16/h3-7,11-12,18H,8-10,13H2,1-2H3,(H,23,27). The van der Waals surface area contributed by atoms with Crippen molar-refractivity contribution in [3.63, 3.8) is 0 Å². The molecule has 1 saturated heterocycles. The largest absolute Gasteiger partial charge is 0.365 e. The second-order valence-electron chi connectivity index (χ2n) is 7.19. The lowest BCUT2D eigenvalue weighted by atomic mass is 10.2. The zero-order valence-electron chi connectivity index (χ0n) is 16.5. The summed E-state index contributed by atoms with van der Waals surface area (Å²) in [6.07, 6.45) is 4.63. The van der Waals surface area contributed by atoms with Gasteiger partial charge in [-0.2, -0.15) is 0 Å². The van der Waals surface area contributed by atoms with E-state index in [4.69, 9.17) is 4.74 Å². The molecule has 8 heteroatoms. The summed E-state index contributed by atoms with van der Waals surface area (Å²) in [7, 11) is 0. The molecule has 1 aliphatic heterocycles. The third-order valence-corrected chi connectivity index (χ3v) is 5.01. The quantitative estimate of drug-likeness (QED) is 0.726. The highest BCUT2D eigenvalue weighted by molar-refractivity contribution is 5.93. The Morgan fingerprint density at radius 2 is 2.10 bits per heavy atom. The topological polar surface area (TPSA) is 88.8 Å². The third kappa shape index (κ3) is 4.12. The van der Waals surface area contributed by atoms with Crippen molar-refractivity contribution in [2.24, 2.45) is 0 Å². The van der Waals surface area contributed by atoms with Crippen LogP contribution in [0.1, 0.15) is 27.3 Å². The van der Waals surface area contributed by atoms with Crippen molar-refractivity contribution in [1.29, 1.82) is 0 Å². The van der Waals surface area contributed by atoms with Crippen LogP contribution in [0.4, 0.5) is 0 Å². The van der Waals surface area contributed by atoms with Gasteiger partial charge >= 0.3 is 0 Å². The summed E-state index contributed by atoms with van der Waals surface area (Å²) in [5, 5.41) is 2.85. The van der Waals surface area contributed by atoms with Crippen molar-refractivity contribution < 1.29 is 14.3 Å². The first-order chi connectivity index (χ1) is 14.0. The Balaban J connectivity index is 1.41. The average Bonchev–Trinajstić information content (AvgIpc) is 3.15. The molecule has 1 atom stereocenters. The van der Waals surface area contributed by atoms with Crippen LogP contribution in [0.15, 0.2) is 42.9 Å². The average molecular weight is 393 g/mol. The Morgan fingerprint density at radius 3 is 2.93 bits per heavy atom. The third-order valence-electron chi connectivity index (χ3n) is 5.01. The summed E-state index contributed by atoms with van der Waals surface area (Å²) >= 11 is 0. The van der Waals surface area contributed by atoms with E-state index in [1.54, 1.807) is 17.3 Å². The number of imidazole rings is 1. The normalized spacial score (nSPS) is 16.8. The number of ether oxygens (including phenoxy) is 1. The van der Waals surface area contributed by atoms with E-state index in [0.717, 1.165) is 16.8 Å². The summed E-state index contributed by atoms with van der Waals surface area (Å²) in [6, 6.07) is 7.63. The Bertz CT molecular complexity index is 1060. The maximum absolute atomic E-state index is 12.9. The molecule has 4 heterocycles. The summed E-state index contributed by atoms with van der Waals surface area (Å²) in [4.78, 5) is 35.7. The molecular formula is C21H23N5O3. The van der Waals surface area contributed by atoms with Gasteiger partial charge < -0.3 is 19.4 Å². The molecule has 3 aromatic rings. The number of hydrogen-bond donors (Lipinski definition) is 1. The molecule has 150 valence electrons. The molecule has 2 amide bonds. The first-order valence-electron chi connectivity index (χ1n) is 9.56. The van der Waals surface area contributed by atoms with Gasteiger partial charge in [-0.3, -0.25) is 14.6 Å². The fourth-order valence-corrected chi connectivity index (χ4v) is 3.35. The number of rotatable bonds is 4. The molecule has 29 heavy (non-hydrogen) atoms. The van der Waals surface area contributed by atoms with Crippen molar-refractivity contribution in [3.8, 4) is 0 Å².